The highest BCUT2D eigenvalue weighted by Gasteiger charge is 2.26. The van der Waals surface area contributed by atoms with Crippen molar-refractivity contribution in [1.29, 1.82) is 0 Å². The standard InChI is InChI=1S/C27H24FN3O5/c1-16(35-17(2)25(32)29-21-12-8-19(9-13-21)27(33)34)23-24(18-6-4-3-5-7-18)30-31-26(23)36-22-14-10-20(28)11-15-22/h3-17H,1-2H3,(H,29,32)(H,30,31)(H,33,34). The molecule has 3 N–H and O–H groups in total. The first-order chi connectivity index (χ1) is 17.3. The molecule has 0 saturated heterocycles. The van der Waals surface area contributed by atoms with Crippen LogP contribution in [0.2, 0.25) is 0 Å². The van der Waals surface area contributed by atoms with Crippen molar-refractivity contribution >= 4 is 17.6 Å². The van der Waals surface area contributed by atoms with Crippen LogP contribution in [0.4, 0.5) is 10.1 Å². The van der Waals surface area contributed by atoms with Crippen LogP contribution in [0.25, 0.3) is 11.3 Å². The van der Waals surface area contributed by atoms with Crippen molar-refractivity contribution in [1.82, 2.24) is 10.2 Å². The molecule has 0 aliphatic heterocycles. The summed E-state index contributed by atoms with van der Waals surface area (Å²) in [7, 11) is 0. The summed E-state index contributed by atoms with van der Waals surface area (Å²) in [5, 5.41) is 19.0. The molecule has 2 unspecified atom stereocenters. The maximum absolute atomic E-state index is 13.3. The molecule has 36 heavy (non-hydrogen) atoms. The zero-order valence-electron chi connectivity index (χ0n) is 19.6. The first-order valence-electron chi connectivity index (χ1n) is 11.2. The fourth-order valence-electron chi connectivity index (χ4n) is 3.60. The van der Waals surface area contributed by atoms with E-state index in [-0.39, 0.29) is 11.4 Å². The molecule has 1 heterocycles. The Morgan fingerprint density at radius 3 is 2.28 bits per heavy atom. The van der Waals surface area contributed by atoms with Crippen LogP contribution in [0.3, 0.4) is 0 Å². The minimum absolute atomic E-state index is 0.119. The smallest absolute Gasteiger partial charge is 0.335 e. The lowest BCUT2D eigenvalue weighted by Crippen LogP contribution is -2.28. The molecule has 0 bridgehead atoms. The van der Waals surface area contributed by atoms with Gasteiger partial charge >= 0.3 is 5.97 Å². The van der Waals surface area contributed by atoms with Gasteiger partial charge in [-0.15, -0.1) is 0 Å². The van der Waals surface area contributed by atoms with Crippen molar-refractivity contribution < 1.29 is 28.6 Å². The number of carbonyl (C=O) groups is 2. The molecule has 8 nitrogen and oxygen atoms in total. The molecule has 0 aliphatic carbocycles. The fraction of sp³-hybridized carbons (Fsp3) is 0.148. The number of halogens is 1. The second kappa shape index (κ2) is 10.8. The number of hydrogen-bond acceptors (Lipinski definition) is 5. The van der Waals surface area contributed by atoms with Gasteiger partial charge in [0, 0.05) is 11.3 Å². The van der Waals surface area contributed by atoms with Gasteiger partial charge in [-0.3, -0.25) is 4.79 Å². The molecule has 4 aromatic rings. The minimum atomic E-state index is -1.05. The van der Waals surface area contributed by atoms with Gasteiger partial charge in [0.1, 0.15) is 23.4 Å². The van der Waals surface area contributed by atoms with Gasteiger partial charge in [-0.05, 0) is 62.4 Å². The van der Waals surface area contributed by atoms with Crippen LogP contribution in [0.15, 0.2) is 78.9 Å². The summed E-state index contributed by atoms with van der Waals surface area (Å²) in [6.45, 7) is 3.39. The SMILES string of the molecule is CC(OC(C)c1c(-c2ccccc2)n[nH]c1Oc1ccc(F)cc1)C(=O)Nc1ccc(C(=O)O)cc1. The largest absolute Gasteiger partial charge is 0.478 e. The summed E-state index contributed by atoms with van der Waals surface area (Å²) in [4.78, 5) is 23.8. The monoisotopic (exact) mass is 489 g/mol. The first kappa shape index (κ1) is 24.6. The van der Waals surface area contributed by atoms with Crippen molar-refractivity contribution in [2.45, 2.75) is 26.1 Å². The molecule has 0 aliphatic rings. The Hall–Kier alpha value is -4.50. The average molecular weight is 490 g/mol. The molecule has 0 fully saturated rings. The number of amides is 1. The number of H-pyrrole nitrogens is 1. The summed E-state index contributed by atoms with van der Waals surface area (Å²) < 4.78 is 25.3. The van der Waals surface area contributed by atoms with E-state index in [0.717, 1.165) is 5.56 Å². The van der Waals surface area contributed by atoms with Crippen LogP contribution in [-0.4, -0.2) is 33.3 Å². The van der Waals surface area contributed by atoms with Gasteiger partial charge in [-0.2, -0.15) is 5.10 Å². The lowest BCUT2D eigenvalue weighted by molar-refractivity contribution is -0.129. The van der Waals surface area contributed by atoms with E-state index >= 15 is 0 Å². The molecule has 0 saturated carbocycles. The number of nitrogens with zero attached hydrogens (tertiary/aromatic N) is 1. The molecular formula is C27H24FN3O5. The average Bonchev–Trinajstić information content (AvgIpc) is 3.30. The second-order valence-corrected chi connectivity index (χ2v) is 8.03. The summed E-state index contributed by atoms with van der Waals surface area (Å²) in [6, 6.07) is 20.8. The molecule has 0 radical (unpaired) electrons. The van der Waals surface area contributed by atoms with E-state index in [2.05, 4.69) is 15.5 Å². The van der Waals surface area contributed by atoms with Crippen LogP contribution in [0.1, 0.15) is 35.9 Å². The number of aromatic carboxylic acids is 1. The molecular weight excluding hydrogens is 465 g/mol. The topological polar surface area (TPSA) is 114 Å². The fourth-order valence-corrected chi connectivity index (χ4v) is 3.60. The summed E-state index contributed by atoms with van der Waals surface area (Å²) in [5.41, 5.74) is 2.58. The third-order valence-corrected chi connectivity index (χ3v) is 5.43. The molecule has 9 heteroatoms. The van der Waals surface area contributed by atoms with E-state index in [0.29, 0.717) is 28.6 Å². The molecule has 1 amide bonds. The Morgan fingerprint density at radius 1 is 0.972 bits per heavy atom. The van der Waals surface area contributed by atoms with Gasteiger partial charge in [0.25, 0.3) is 5.91 Å². The van der Waals surface area contributed by atoms with Crippen LogP contribution in [0.5, 0.6) is 11.6 Å². The number of aromatic amines is 1. The van der Waals surface area contributed by atoms with Gasteiger partial charge in [-0.25, -0.2) is 14.3 Å². The Kier molecular flexibility index (Phi) is 7.41. The van der Waals surface area contributed by atoms with Crippen molar-refractivity contribution in [3.05, 3.63) is 95.8 Å². The maximum Gasteiger partial charge on any atom is 0.335 e. The van der Waals surface area contributed by atoms with Gasteiger partial charge in [0.05, 0.1) is 17.2 Å². The summed E-state index contributed by atoms with van der Waals surface area (Å²) in [5.74, 6) is -1.12. The number of hydrogen-bond donors (Lipinski definition) is 3. The number of carboxylic acid groups (broad SMARTS) is 1. The quantitative estimate of drug-likeness (QED) is 0.273. The lowest BCUT2D eigenvalue weighted by atomic mass is 10.0. The van der Waals surface area contributed by atoms with Crippen molar-refractivity contribution in [3.63, 3.8) is 0 Å². The van der Waals surface area contributed by atoms with E-state index in [1.165, 1.54) is 48.5 Å². The Balaban J connectivity index is 1.54. The third-order valence-electron chi connectivity index (χ3n) is 5.43. The third kappa shape index (κ3) is 5.76. The molecule has 184 valence electrons. The minimum Gasteiger partial charge on any atom is -0.478 e. The highest BCUT2D eigenvalue weighted by molar-refractivity contribution is 5.94. The molecule has 3 aromatic carbocycles. The number of nitrogens with one attached hydrogen (secondary N) is 2. The van der Waals surface area contributed by atoms with Gasteiger partial charge in [0.15, 0.2) is 0 Å². The number of benzene rings is 3. The second-order valence-electron chi connectivity index (χ2n) is 8.03. The van der Waals surface area contributed by atoms with Gasteiger partial charge in [-0.1, -0.05) is 30.3 Å². The number of carbonyl (C=O) groups excluding carboxylic acids is 1. The molecule has 1 aromatic heterocycles. The lowest BCUT2D eigenvalue weighted by Gasteiger charge is -2.20. The van der Waals surface area contributed by atoms with Gasteiger partial charge < -0.3 is 19.9 Å². The number of rotatable bonds is 9. The predicted molar refractivity (Wildman–Crippen MR) is 131 cm³/mol. The van der Waals surface area contributed by atoms with Crippen LogP contribution >= 0.6 is 0 Å². The Morgan fingerprint density at radius 2 is 1.64 bits per heavy atom. The van der Waals surface area contributed by atoms with Gasteiger partial charge in [0.2, 0.25) is 5.88 Å². The van der Waals surface area contributed by atoms with E-state index in [4.69, 9.17) is 14.6 Å². The number of carboxylic acids is 1. The van der Waals surface area contributed by atoms with Crippen LogP contribution in [0, 0.1) is 5.82 Å². The summed E-state index contributed by atoms with van der Waals surface area (Å²) in [6.07, 6.45) is -1.49. The normalized spacial score (nSPS) is 12.5. The number of anilines is 1. The molecule has 0 spiro atoms. The van der Waals surface area contributed by atoms with E-state index in [1.807, 2.05) is 30.3 Å². The Labute approximate surface area is 206 Å². The zero-order chi connectivity index (χ0) is 25.7. The number of aromatic nitrogens is 2. The van der Waals surface area contributed by atoms with Crippen LogP contribution < -0.4 is 10.1 Å². The number of ether oxygens (including phenoxy) is 2. The summed E-state index contributed by atoms with van der Waals surface area (Å²) >= 11 is 0. The van der Waals surface area contributed by atoms with E-state index in [1.54, 1.807) is 13.8 Å². The van der Waals surface area contributed by atoms with Crippen molar-refractivity contribution in [2.24, 2.45) is 0 Å². The molecule has 4 rings (SSSR count). The van der Waals surface area contributed by atoms with Crippen molar-refractivity contribution in [3.8, 4) is 22.9 Å². The highest BCUT2D eigenvalue weighted by Crippen LogP contribution is 2.37. The maximum atomic E-state index is 13.3. The Bertz CT molecular complexity index is 1340. The van der Waals surface area contributed by atoms with Crippen molar-refractivity contribution in [2.75, 3.05) is 5.32 Å². The van der Waals surface area contributed by atoms with Crippen LogP contribution in [-0.2, 0) is 9.53 Å². The zero-order valence-corrected chi connectivity index (χ0v) is 19.6. The molecule has 2 atom stereocenters. The first-order valence-corrected chi connectivity index (χ1v) is 11.2. The highest BCUT2D eigenvalue weighted by atomic mass is 19.1. The van der Waals surface area contributed by atoms with E-state index in [9.17, 15) is 14.0 Å². The predicted octanol–water partition coefficient (Wildman–Crippen LogP) is 5.81. The van der Waals surface area contributed by atoms with E-state index < -0.39 is 24.1 Å².